The normalized spacial score (nSPS) is 29.1. The van der Waals surface area contributed by atoms with E-state index in [1.165, 1.54) is 45.1 Å². The van der Waals surface area contributed by atoms with Crippen LogP contribution in [0.3, 0.4) is 0 Å². The average molecular weight is 296 g/mol. The summed E-state index contributed by atoms with van der Waals surface area (Å²) in [4.78, 5) is 2.76. The third-order valence-electron chi connectivity index (χ3n) is 5.58. The van der Waals surface area contributed by atoms with Crippen LogP contribution in [0.5, 0.6) is 0 Å². The van der Waals surface area contributed by atoms with Crippen molar-refractivity contribution in [2.24, 2.45) is 5.92 Å². The predicted octanol–water partition coefficient (Wildman–Crippen LogP) is 3.17. The first-order valence-corrected chi connectivity index (χ1v) is 9.09. The van der Waals surface area contributed by atoms with E-state index < -0.39 is 0 Å². The molecule has 0 amide bonds. The number of hydrogen-bond acceptors (Lipinski definition) is 3. The molecule has 0 bridgehead atoms. The molecule has 21 heavy (non-hydrogen) atoms. The van der Waals surface area contributed by atoms with Crippen LogP contribution in [-0.4, -0.2) is 46.8 Å². The van der Waals surface area contributed by atoms with Gasteiger partial charge in [-0.05, 0) is 58.4 Å². The molecule has 1 aliphatic heterocycles. The van der Waals surface area contributed by atoms with Crippen LogP contribution in [0.1, 0.15) is 72.6 Å². The molecule has 3 heteroatoms. The lowest BCUT2D eigenvalue weighted by Gasteiger charge is -2.40. The molecule has 124 valence electrons. The van der Waals surface area contributed by atoms with Gasteiger partial charge in [0.2, 0.25) is 0 Å². The summed E-state index contributed by atoms with van der Waals surface area (Å²) in [5, 5.41) is 13.4. The van der Waals surface area contributed by atoms with E-state index in [0.717, 1.165) is 18.4 Å². The fraction of sp³-hybridized carbons (Fsp3) is 1.00. The van der Waals surface area contributed by atoms with Crippen molar-refractivity contribution in [1.29, 1.82) is 0 Å². The highest BCUT2D eigenvalue weighted by molar-refractivity contribution is 4.94. The van der Waals surface area contributed by atoms with Crippen molar-refractivity contribution in [3.8, 4) is 0 Å². The summed E-state index contributed by atoms with van der Waals surface area (Å²) < 4.78 is 0. The monoisotopic (exact) mass is 296 g/mol. The van der Waals surface area contributed by atoms with Gasteiger partial charge in [0.05, 0.1) is 6.61 Å². The molecule has 2 N–H and O–H groups in total. The smallest absolute Gasteiger partial charge is 0.0611 e. The Morgan fingerprint density at radius 1 is 1.14 bits per heavy atom. The van der Waals surface area contributed by atoms with Crippen LogP contribution >= 0.6 is 0 Å². The van der Waals surface area contributed by atoms with Crippen molar-refractivity contribution < 1.29 is 5.11 Å². The van der Waals surface area contributed by atoms with Gasteiger partial charge in [0.1, 0.15) is 0 Å². The van der Waals surface area contributed by atoms with E-state index in [1.54, 1.807) is 0 Å². The first-order chi connectivity index (χ1) is 9.95. The predicted molar refractivity (Wildman–Crippen MR) is 89.5 cm³/mol. The largest absolute Gasteiger partial charge is 0.394 e. The summed E-state index contributed by atoms with van der Waals surface area (Å²) in [6, 6.07) is 1.78. The fourth-order valence-electron chi connectivity index (χ4n) is 4.85. The van der Waals surface area contributed by atoms with Crippen molar-refractivity contribution in [2.75, 3.05) is 13.2 Å². The minimum Gasteiger partial charge on any atom is -0.394 e. The number of aliphatic hydroxyl groups is 1. The molecule has 2 rings (SSSR count). The molecule has 0 spiro atoms. The zero-order valence-electron chi connectivity index (χ0n) is 14.6. The van der Waals surface area contributed by atoms with Gasteiger partial charge in [-0.2, -0.15) is 0 Å². The van der Waals surface area contributed by atoms with Crippen LogP contribution in [0.4, 0.5) is 0 Å². The topological polar surface area (TPSA) is 35.5 Å². The Bertz CT molecular complexity index is 314. The summed E-state index contributed by atoms with van der Waals surface area (Å²) >= 11 is 0. The average Bonchev–Trinajstić information content (AvgIpc) is 3.08. The van der Waals surface area contributed by atoms with Gasteiger partial charge in [-0.3, -0.25) is 4.90 Å². The third-order valence-corrected chi connectivity index (χ3v) is 5.58. The number of likely N-dealkylation sites (tertiary alicyclic amines) is 1. The molecule has 1 saturated carbocycles. The standard InChI is InChI=1S/C18H36N2O/c1-14(2)19-18(4,13-21)12-15(3)20-11-7-10-17(20)16-8-5-6-9-16/h14-17,19,21H,5-13H2,1-4H3. The summed E-state index contributed by atoms with van der Waals surface area (Å²) in [5.41, 5.74) is -0.156. The summed E-state index contributed by atoms with van der Waals surface area (Å²) in [5.74, 6) is 0.938. The highest BCUT2D eigenvalue weighted by atomic mass is 16.3. The Labute approximate surface area is 131 Å². The van der Waals surface area contributed by atoms with Crippen LogP contribution in [-0.2, 0) is 0 Å². The maximum Gasteiger partial charge on any atom is 0.0611 e. The Kier molecular flexibility index (Phi) is 6.10. The summed E-state index contributed by atoms with van der Waals surface area (Å²) in [6.07, 6.45) is 9.54. The molecule has 0 aromatic carbocycles. The molecule has 0 radical (unpaired) electrons. The number of nitrogens with zero attached hydrogens (tertiary/aromatic N) is 1. The Morgan fingerprint density at radius 2 is 1.81 bits per heavy atom. The zero-order chi connectivity index (χ0) is 15.5. The SMILES string of the molecule is CC(C)NC(C)(CO)CC(C)N1CCCC1C1CCCC1. The lowest BCUT2D eigenvalue weighted by Crippen LogP contribution is -2.54. The number of nitrogens with one attached hydrogen (secondary N) is 1. The summed E-state index contributed by atoms with van der Waals surface area (Å²) in [6.45, 7) is 10.3. The molecule has 1 saturated heterocycles. The fourth-order valence-corrected chi connectivity index (χ4v) is 4.85. The zero-order valence-corrected chi connectivity index (χ0v) is 14.6. The second-order valence-corrected chi connectivity index (χ2v) is 8.06. The molecule has 3 nitrogen and oxygen atoms in total. The van der Waals surface area contributed by atoms with Gasteiger partial charge in [-0.25, -0.2) is 0 Å². The first-order valence-electron chi connectivity index (χ1n) is 9.09. The Balaban J connectivity index is 1.95. The number of hydrogen-bond donors (Lipinski definition) is 2. The highest BCUT2D eigenvalue weighted by Gasteiger charge is 2.37. The minimum absolute atomic E-state index is 0.156. The first kappa shape index (κ1) is 17.2. The minimum atomic E-state index is -0.156. The maximum atomic E-state index is 9.82. The van der Waals surface area contributed by atoms with Crippen molar-refractivity contribution in [3.63, 3.8) is 0 Å². The lowest BCUT2D eigenvalue weighted by molar-refractivity contribution is 0.0863. The molecule has 2 aliphatic rings. The van der Waals surface area contributed by atoms with E-state index in [-0.39, 0.29) is 12.1 Å². The molecule has 1 heterocycles. The number of aliphatic hydroxyl groups excluding tert-OH is 1. The van der Waals surface area contributed by atoms with E-state index in [9.17, 15) is 5.11 Å². The van der Waals surface area contributed by atoms with Crippen molar-refractivity contribution >= 4 is 0 Å². The van der Waals surface area contributed by atoms with Gasteiger partial charge in [0, 0.05) is 23.7 Å². The Hall–Kier alpha value is -0.120. The Morgan fingerprint density at radius 3 is 2.38 bits per heavy atom. The van der Waals surface area contributed by atoms with Gasteiger partial charge in [0.25, 0.3) is 0 Å². The van der Waals surface area contributed by atoms with Crippen LogP contribution in [0.15, 0.2) is 0 Å². The van der Waals surface area contributed by atoms with E-state index >= 15 is 0 Å². The highest BCUT2D eigenvalue weighted by Crippen LogP contribution is 2.37. The maximum absolute atomic E-state index is 9.82. The molecule has 1 aliphatic carbocycles. The second kappa shape index (κ2) is 7.43. The van der Waals surface area contributed by atoms with E-state index in [1.807, 2.05) is 0 Å². The number of rotatable bonds is 7. The van der Waals surface area contributed by atoms with Crippen LogP contribution < -0.4 is 5.32 Å². The molecular weight excluding hydrogens is 260 g/mol. The molecule has 2 fully saturated rings. The van der Waals surface area contributed by atoms with Gasteiger partial charge in [0.15, 0.2) is 0 Å². The van der Waals surface area contributed by atoms with Gasteiger partial charge in [-0.15, -0.1) is 0 Å². The third kappa shape index (κ3) is 4.43. The summed E-state index contributed by atoms with van der Waals surface area (Å²) in [7, 11) is 0. The molecule has 0 aromatic rings. The van der Waals surface area contributed by atoms with Gasteiger partial charge in [-0.1, -0.05) is 26.7 Å². The van der Waals surface area contributed by atoms with Crippen molar-refractivity contribution in [1.82, 2.24) is 10.2 Å². The lowest BCUT2D eigenvalue weighted by atomic mass is 9.90. The molecule has 0 aromatic heterocycles. The van der Waals surface area contributed by atoms with E-state index in [2.05, 4.69) is 37.9 Å². The molecule has 3 atom stereocenters. The van der Waals surface area contributed by atoms with Gasteiger partial charge < -0.3 is 10.4 Å². The van der Waals surface area contributed by atoms with Crippen molar-refractivity contribution in [2.45, 2.75) is 96.3 Å². The van der Waals surface area contributed by atoms with Crippen LogP contribution in [0.2, 0.25) is 0 Å². The van der Waals surface area contributed by atoms with Crippen LogP contribution in [0, 0.1) is 5.92 Å². The van der Waals surface area contributed by atoms with E-state index in [4.69, 9.17) is 0 Å². The second-order valence-electron chi connectivity index (χ2n) is 8.06. The quantitative estimate of drug-likeness (QED) is 0.757. The van der Waals surface area contributed by atoms with Gasteiger partial charge >= 0.3 is 0 Å². The van der Waals surface area contributed by atoms with E-state index in [0.29, 0.717) is 12.1 Å². The van der Waals surface area contributed by atoms with Crippen molar-refractivity contribution in [3.05, 3.63) is 0 Å². The van der Waals surface area contributed by atoms with Crippen LogP contribution in [0.25, 0.3) is 0 Å². The molecule has 3 unspecified atom stereocenters. The molecular formula is C18H36N2O.